The van der Waals surface area contributed by atoms with Crippen LogP contribution < -0.4 is 0 Å². The van der Waals surface area contributed by atoms with E-state index in [1.165, 1.54) is 11.8 Å². The van der Waals surface area contributed by atoms with Crippen LogP contribution in [0.3, 0.4) is 0 Å². The van der Waals surface area contributed by atoms with Gasteiger partial charge in [0.05, 0.1) is 0 Å². The summed E-state index contributed by atoms with van der Waals surface area (Å²) in [5.74, 6) is 0.268. The minimum atomic E-state index is 0.0806. The fraction of sp³-hybridized carbons (Fsp3) is 0.520. The molecule has 2 aromatic rings. The lowest BCUT2D eigenvalue weighted by Gasteiger charge is -2.38. The minimum absolute atomic E-state index is 0.0806. The SMILES string of the molecule is CCCN(C(=O)CCc1c(C)nc(SC)nc1C)C1CCN(C(=O)c2ccccc2)CC1. The van der Waals surface area contributed by atoms with E-state index in [0.29, 0.717) is 25.9 Å². The molecule has 1 aliphatic rings. The molecule has 1 aliphatic heterocycles. The fourth-order valence-corrected chi connectivity index (χ4v) is 4.89. The highest BCUT2D eigenvalue weighted by atomic mass is 32.2. The average molecular weight is 455 g/mol. The number of aromatic nitrogens is 2. The van der Waals surface area contributed by atoms with Gasteiger partial charge in [-0.05, 0) is 63.5 Å². The van der Waals surface area contributed by atoms with Gasteiger partial charge < -0.3 is 9.80 Å². The first-order valence-corrected chi connectivity index (χ1v) is 12.7. The van der Waals surface area contributed by atoms with Crippen LogP contribution >= 0.6 is 11.8 Å². The van der Waals surface area contributed by atoms with Gasteiger partial charge in [-0.2, -0.15) is 0 Å². The van der Waals surface area contributed by atoms with Crippen LogP contribution in [0.1, 0.15) is 59.9 Å². The standard InChI is InChI=1S/C25H34N4O2S/c1-5-15-29(23(30)12-11-22-18(2)26-25(32-4)27-19(22)3)21-13-16-28(17-14-21)24(31)20-9-7-6-8-10-20/h6-10,21H,5,11-17H2,1-4H3. The number of thioether (sulfide) groups is 1. The monoisotopic (exact) mass is 454 g/mol. The maximum atomic E-state index is 13.2. The van der Waals surface area contributed by atoms with Gasteiger partial charge in [0, 0.05) is 49.0 Å². The summed E-state index contributed by atoms with van der Waals surface area (Å²) in [5, 5.41) is 0.777. The van der Waals surface area contributed by atoms with E-state index in [0.717, 1.165) is 53.5 Å². The second-order valence-corrected chi connectivity index (χ2v) is 9.11. The smallest absolute Gasteiger partial charge is 0.253 e. The number of hydrogen-bond donors (Lipinski definition) is 0. The number of piperidine rings is 1. The van der Waals surface area contributed by atoms with Crippen molar-refractivity contribution in [3.63, 3.8) is 0 Å². The zero-order valence-electron chi connectivity index (χ0n) is 19.6. The van der Waals surface area contributed by atoms with Gasteiger partial charge in [-0.1, -0.05) is 36.9 Å². The van der Waals surface area contributed by atoms with Crippen molar-refractivity contribution in [2.75, 3.05) is 25.9 Å². The Kier molecular flexibility index (Phi) is 8.67. The molecule has 0 atom stereocenters. The third kappa shape index (κ3) is 5.88. The zero-order chi connectivity index (χ0) is 23.1. The summed E-state index contributed by atoms with van der Waals surface area (Å²) >= 11 is 1.54. The van der Waals surface area contributed by atoms with Crippen LogP contribution in [0.15, 0.2) is 35.5 Å². The van der Waals surface area contributed by atoms with E-state index in [1.807, 2.05) is 60.2 Å². The predicted molar refractivity (Wildman–Crippen MR) is 129 cm³/mol. The molecule has 7 heteroatoms. The van der Waals surface area contributed by atoms with Gasteiger partial charge in [-0.3, -0.25) is 9.59 Å². The highest BCUT2D eigenvalue weighted by Gasteiger charge is 2.29. The van der Waals surface area contributed by atoms with E-state index in [-0.39, 0.29) is 17.9 Å². The van der Waals surface area contributed by atoms with Gasteiger partial charge >= 0.3 is 0 Å². The summed E-state index contributed by atoms with van der Waals surface area (Å²) in [6, 6.07) is 9.63. The van der Waals surface area contributed by atoms with Crippen LogP contribution in [0.25, 0.3) is 0 Å². The normalized spacial score (nSPS) is 14.4. The highest BCUT2D eigenvalue weighted by Crippen LogP contribution is 2.22. The first kappa shape index (κ1) is 24.2. The Bertz CT molecular complexity index is 904. The number of amides is 2. The minimum Gasteiger partial charge on any atom is -0.340 e. The molecular weight excluding hydrogens is 420 g/mol. The first-order chi connectivity index (χ1) is 15.4. The Hall–Kier alpha value is -2.41. The third-order valence-electron chi connectivity index (χ3n) is 6.17. The number of aryl methyl sites for hydroxylation is 2. The van der Waals surface area contributed by atoms with Crippen molar-refractivity contribution in [3.8, 4) is 0 Å². The second kappa shape index (κ2) is 11.5. The summed E-state index contributed by atoms with van der Waals surface area (Å²) in [4.78, 5) is 39.0. The number of hydrogen-bond acceptors (Lipinski definition) is 5. The maximum absolute atomic E-state index is 13.2. The maximum Gasteiger partial charge on any atom is 0.253 e. The molecule has 1 aromatic heterocycles. The van der Waals surface area contributed by atoms with E-state index < -0.39 is 0 Å². The molecule has 0 radical (unpaired) electrons. The second-order valence-electron chi connectivity index (χ2n) is 8.34. The lowest BCUT2D eigenvalue weighted by atomic mass is 10.00. The van der Waals surface area contributed by atoms with Crippen LogP contribution in [-0.2, 0) is 11.2 Å². The molecule has 0 aliphatic carbocycles. The summed E-state index contributed by atoms with van der Waals surface area (Å²) in [7, 11) is 0. The van der Waals surface area contributed by atoms with Gasteiger partial charge in [0.25, 0.3) is 5.91 Å². The molecule has 1 fully saturated rings. The molecule has 6 nitrogen and oxygen atoms in total. The quantitative estimate of drug-likeness (QED) is 0.440. The van der Waals surface area contributed by atoms with Crippen molar-refractivity contribution in [2.24, 2.45) is 0 Å². The van der Waals surface area contributed by atoms with Crippen molar-refractivity contribution < 1.29 is 9.59 Å². The van der Waals surface area contributed by atoms with Crippen LogP contribution in [0.5, 0.6) is 0 Å². The Morgan fingerprint density at radius 1 is 1.09 bits per heavy atom. The molecule has 0 saturated carbocycles. The Labute approximate surface area is 195 Å². The summed E-state index contributed by atoms with van der Waals surface area (Å²) in [6.45, 7) is 8.24. The number of likely N-dealkylation sites (tertiary alicyclic amines) is 1. The van der Waals surface area contributed by atoms with Crippen molar-refractivity contribution in [1.82, 2.24) is 19.8 Å². The van der Waals surface area contributed by atoms with Crippen LogP contribution in [0.4, 0.5) is 0 Å². The zero-order valence-corrected chi connectivity index (χ0v) is 20.5. The lowest BCUT2D eigenvalue weighted by molar-refractivity contribution is -0.134. The van der Waals surface area contributed by atoms with Crippen molar-refractivity contribution in [2.45, 2.75) is 64.1 Å². The van der Waals surface area contributed by atoms with E-state index in [4.69, 9.17) is 0 Å². The van der Waals surface area contributed by atoms with Crippen LogP contribution in [0.2, 0.25) is 0 Å². The van der Waals surface area contributed by atoms with Gasteiger partial charge in [0.1, 0.15) is 0 Å². The van der Waals surface area contributed by atoms with E-state index in [9.17, 15) is 9.59 Å². The number of rotatable bonds is 8. The highest BCUT2D eigenvalue weighted by molar-refractivity contribution is 7.98. The molecule has 32 heavy (non-hydrogen) atoms. The molecule has 1 saturated heterocycles. The number of benzene rings is 1. The Morgan fingerprint density at radius 2 is 1.72 bits per heavy atom. The van der Waals surface area contributed by atoms with Gasteiger partial charge in [0.2, 0.25) is 5.91 Å². The Balaban J connectivity index is 1.59. The lowest BCUT2D eigenvalue weighted by Crippen LogP contribution is -2.49. The summed E-state index contributed by atoms with van der Waals surface area (Å²) in [5.41, 5.74) is 3.73. The largest absolute Gasteiger partial charge is 0.340 e. The molecule has 0 bridgehead atoms. The molecule has 2 heterocycles. The Morgan fingerprint density at radius 3 is 2.28 bits per heavy atom. The van der Waals surface area contributed by atoms with E-state index >= 15 is 0 Å². The van der Waals surface area contributed by atoms with Crippen molar-refractivity contribution >= 4 is 23.6 Å². The molecule has 0 unspecified atom stereocenters. The number of nitrogens with zero attached hydrogens (tertiary/aromatic N) is 4. The number of carbonyl (C=O) groups is 2. The molecular formula is C25H34N4O2S. The van der Waals surface area contributed by atoms with Crippen molar-refractivity contribution in [1.29, 1.82) is 0 Å². The van der Waals surface area contributed by atoms with Gasteiger partial charge in [-0.15, -0.1) is 0 Å². The molecule has 172 valence electrons. The third-order valence-corrected chi connectivity index (χ3v) is 6.72. The summed E-state index contributed by atoms with van der Waals surface area (Å²) < 4.78 is 0. The topological polar surface area (TPSA) is 66.4 Å². The average Bonchev–Trinajstić information content (AvgIpc) is 2.82. The first-order valence-electron chi connectivity index (χ1n) is 11.5. The van der Waals surface area contributed by atoms with Crippen LogP contribution in [0, 0.1) is 13.8 Å². The number of carbonyl (C=O) groups excluding carboxylic acids is 2. The summed E-state index contributed by atoms with van der Waals surface area (Å²) in [6.07, 6.45) is 5.68. The molecule has 1 aromatic carbocycles. The molecule has 0 spiro atoms. The molecule has 2 amide bonds. The van der Waals surface area contributed by atoms with Crippen molar-refractivity contribution in [3.05, 3.63) is 52.8 Å². The van der Waals surface area contributed by atoms with Crippen LogP contribution in [-0.4, -0.2) is 63.5 Å². The predicted octanol–water partition coefficient (Wildman–Crippen LogP) is 4.29. The fourth-order valence-electron chi connectivity index (χ4n) is 4.43. The van der Waals surface area contributed by atoms with E-state index in [1.54, 1.807) is 0 Å². The molecule has 3 rings (SSSR count). The van der Waals surface area contributed by atoms with E-state index in [2.05, 4.69) is 16.9 Å². The van der Waals surface area contributed by atoms with Gasteiger partial charge in [0.15, 0.2) is 5.16 Å². The van der Waals surface area contributed by atoms with Gasteiger partial charge in [-0.25, -0.2) is 9.97 Å². The molecule has 0 N–H and O–H groups in total.